The number of hydrogen-bond donors (Lipinski definition) is 0. The number of rotatable bonds is 2. The van der Waals surface area contributed by atoms with Crippen LogP contribution in [-0.4, -0.2) is 35.4 Å². The van der Waals surface area contributed by atoms with Crippen molar-refractivity contribution in [3.05, 3.63) is 71.9 Å². The Morgan fingerprint density at radius 2 is 1.79 bits per heavy atom. The van der Waals surface area contributed by atoms with E-state index in [0.29, 0.717) is 5.91 Å². The summed E-state index contributed by atoms with van der Waals surface area (Å²) in [4.78, 5) is 22.2. The van der Waals surface area contributed by atoms with E-state index in [1.165, 1.54) is 22.2 Å². The summed E-state index contributed by atoms with van der Waals surface area (Å²) in [5.74, 6) is 0.392. The van der Waals surface area contributed by atoms with E-state index in [9.17, 15) is 4.79 Å². The van der Waals surface area contributed by atoms with Gasteiger partial charge in [0, 0.05) is 43.4 Å². The molecular weight excluding hydrogens is 346 g/mol. The van der Waals surface area contributed by atoms with Crippen LogP contribution in [0.25, 0.3) is 10.9 Å². The van der Waals surface area contributed by atoms with Gasteiger partial charge in [0.1, 0.15) is 0 Å². The van der Waals surface area contributed by atoms with Gasteiger partial charge in [-0.2, -0.15) is 0 Å². The molecule has 5 rings (SSSR count). The summed E-state index contributed by atoms with van der Waals surface area (Å²) in [7, 11) is 0. The Bertz CT molecular complexity index is 1010. The minimum Gasteiger partial charge on any atom is -0.370 e. The Hall–Kier alpha value is -2.88. The van der Waals surface area contributed by atoms with E-state index in [4.69, 9.17) is 0 Å². The van der Waals surface area contributed by atoms with Crippen LogP contribution in [0.1, 0.15) is 24.0 Å². The van der Waals surface area contributed by atoms with Crippen LogP contribution in [0.15, 0.2) is 60.8 Å². The highest BCUT2D eigenvalue weighted by Crippen LogP contribution is 2.30. The van der Waals surface area contributed by atoms with Crippen LogP contribution in [0, 0.1) is 5.92 Å². The molecule has 0 bridgehead atoms. The predicted molar refractivity (Wildman–Crippen MR) is 112 cm³/mol. The number of aromatic nitrogens is 1. The van der Waals surface area contributed by atoms with Crippen LogP contribution in [0.3, 0.4) is 0 Å². The first-order valence-electron chi connectivity index (χ1n) is 10.2. The van der Waals surface area contributed by atoms with Gasteiger partial charge < -0.3 is 9.80 Å². The molecule has 2 aliphatic rings. The first-order chi connectivity index (χ1) is 13.8. The highest BCUT2D eigenvalue weighted by Gasteiger charge is 2.31. The lowest BCUT2D eigenvalue weighted by atomic mass is 9.93. The summed E-state index contributed by atoms with van der Waals surface area (Å²) < 4.78 is 0. The van der Waals surface area contributed by atoms with E-state index in [-0.39, 0.29) is 5.92 Å². The van der Waals surface area contributed by atoms with Crippen molar-refractivity contribution in [1.29, 1.82) is 0 Å². The number of carbonyl (C=O) groups excluding carboxylic acids is 1. The van der Waals surface area contributed by atoms with Gasteiger partial charge in [-0.15, -0.1) is 0 Å². The Labute approximate surface area is 165 Å². The lowest BCUT2D eigenvalue weighted by molar-refractivity contribution is -0.136. The summed E-state index contributed by atoms with van der Waals surface area (Å²) in [6.07, 6.45) is 4.88. The lowest BCUT2D eigenvalue weighted by Crippen LogP contribution is -2.46. The van der Waals surface area contributed by atoms with Gasteiger partial charge in [-0.1, -0.05) is 42.5 Å². The summed E-state index contributed by atoms with van der Waals surface area (Å²) in [5, 5.41) is 1.17. The SMILES string of the molecule is O=C(C1CCCN(c2ccnc3ccccc23)C1)N1CCc2ccccc2C1. The van der Waals surface area contributed by atoms with E-state index < -0.39 is 0 Å². The predicted octanol–water partition coefficient (Wildman–Crippen LogP) is 4.04. The van der Waals surface area contributed by atoms with Crippen molar-refractivity contribution in [2.24, 2.45) is 5.92 Å². The first kappa shape index (κ1) is 17.2. The number of carbonyl (C=O) groups is 1. The van der Waals surface area contributed by atoms with E-state index in [1.807, 2.05) is 12.3 Å². The van der Waals surface area contributed by atoms with Crippen LogP contribution in [0.4, 0.5) is 5.69 Å². The molecule has 4 heteroatoms. The van der Waals surface area contributed by atoms with Crippen molar-refractivity contribution >= 4 is 22.5 Å². The third-order valence-corrected chi connectivity index (χ3v) is 6.18. The highest BCUT2D eigenvalue weighted by atomic mass is 16.2. The van der Waals surface area contributed by atoms with Crippen LogP contribution < -0.4 is 4.90 Å². The van der Waals surface area contributed by atoms with Crippen molar-refractivity contribution in [1.82, 2.24) is 9.88 Å². The molecule has 0 aliphatic carbocycles. The number of anilines is 1. The van der Waals surface area contributed by atoms with Crippen LogP contribution in [0.5, 0.6) is 0 Å². The molecule has 4 nitrogen and oxygen atoms in total. The van der Waals surface area contributed by atoms with Gasteiger partial charge in [0.15, 0.2) is 0 Å². The zero-order chi connectivity index (χ0) is 18.9. The molecule has 142 valence electrons. The molecule has 0 N–H and O–H groups in total. The number of amides is 1. The number of hydrogen-bond acceptors (Lipinski definition) is 3. The number of fused-ring (bicyclic) bond motifs is 2. The topological polar surface area (TPSA) is 36.4 Å². The monoisotopic (exact) mass is 371 g/mol. The van der Waals surface area contributed by atoms with E-state index >= 15 is 0 Å². The molecule has 0 saturated carbocycles. The third-order valence-electron chi connectivity index (χ3n) is 6.18. The van der Waals surface area contributed by atoms with Crippen molar-refractivity contribution in [2.45, 2.75) is 25.8 Å². The largest absolute Gasteiger partial charge is 0.370 e. The summed E-state index contributed by atoms with van der Waals surface area (Å²) >= 11 is 0. The zero-order valence-electron chi connectivity index (χ0n) is 16.1. The van der Waals surface area contributed by atoms with Crippen molar-refractivity contribution < 1.29 is 4.79 Å². The van der Waals surface area contributed by atoms with Crippen molar-refractivity contribution in [3.63, 3.8) is 0 Å². The lowest BCUT2D eigenvalue weighted by Gasteiger charge is -2.38. The Kier molecular flexibility index (Phi) is 4.47. The second kappa shape index (κ2) is 7.27. The molecule has 28 heavy (non-hydrogen) atoms. The second-order valence-corrected chi connectivity index (χ2v) is 7.91. The second-order valence-electron chi connectivity index (χ2n) is 7.91. The molecule has 1 aromatic heterocycles. The van der Waals surface area contributed by atoms with Gasteiger partial charge in [-0.25, -0.2) is 0 Å². The molecule has 1 amide bonds. The maximum absolute atomic E-state index is 13.3. The Balaban J connectivity index is 1.35. The number of para-hydroxylation sites is 1. The fourth-order valence-corrected chi connectivity index (χ4v) is 4.70. The number of pyridine rings is 1. The minimum atomic E-state index is 0.0749. The minimum absolute atomic E-state index is 0.0749. The van der Waals surface area contributed by atoms with Gasteiger partial charge in [-0.05, 0) is 42.5 Å². The fraction of sp³-hybridized carbons (Fsp3) is 0.333. The standard InChI is InChI=1S/C24H25N3O/c28-24(27-15-12-18-6-1-2-7-19(18)16-27)20-8-5-14-26(17-20)23-11-13-25-22-10-4-3-9-21(22)23/h1-4,6-7,9-11,13,20H,5,8,12,14-17H2. The quantitative estimate of drug-likeness (QED) is 0.682. The highest BCUT2D eigenvalue weighted by molar-refractivity contribution is 5.92. The molecule has 1 unspecified atom stereocenters. The summed E-state index contributed by atoms with van der Waals surface area (Å²) in [6, 6.07) is 18.9. The maximum Gasteiger partial charge on any atom is 0.227 e. The molecule has 2 aliphatic heterocycles. The molecule has 1 fully saturated rings. The van der Waals surface area contributed by atoms with Gasteiger partial charge in [0.05, 0.1) is 11.4 Å². The molecule has 3 heterocycles. The number of nitrogens with zero attached hydrogens (tertiary/aromatic N) is 3. The van der Waals surface area contributed by atoms with Gasteiger partial charge >= 0.3 is 0 Å². The fourth-order valence-electron chi connectivity index (χ4n) is 4.70. The molecule has 1 saturated heterocycles. The zero-order valence-corrected chi connectivity index (χ0v) is 16.1. The molecule has 1 atom stereocenters. The molecular formula is C24H25N3O. The number of benzene rings is 2. The average Bonchev–Trinajstić information content (AvgIpc) is 2.78. The van der Waals surface area contributed by atoms with E-state index in [0.717, 1.165) is 51.0 Å². The molecule has 0 spiro atoms. The van der Waals surface area contributed by atoms with Crippen LogP contribution >= 0.6 is 0 Å². The van der Waals surface area contributed by atoms with Gasteiger partial charge in [-0.3, -0.25) is 9.78 Å². The van der Waals surface area contributed by atoms with Crippen molar-refractivity contribution in [2.75, 3.05) is 24.5 Å². The van der Waals surface area contributed by atoms with Crippen LogP contribution in [0.2, 0.25) is 0 Å². The first-order valence-corrected chi connectivity index (χ1v) is 10.2. The van der Waals surface area contributed by atoms with Crippen LogP contribution in [-0.2, 0) is 17.8 Å². The summed E-state index contributed by atoms with van der Waals surface area (Å²) in [6.45, 7) is 3.39. The van der Waals surface area contributed by atoms with Crippen molar-refractivity contribution in [3.8, 4) is 0 Å². The maximum atomic E-state index is 13.3. The third kappa shape index (κ3) is 3.13. The van der Waals surface area contributed by atoms with E-state index in [2.05, 4.69) is 63.3 Å². The molecule has 2 aromatic carbocycles. The van der Waals surface area contributed by atoms with Gasteiger partial charge in [0.25, 0.3) is 0 Å². The molecule has 3 aromatic rings. The summed E-state index contributed by atoms with van der Waals surface area (Å²) in [5.41, 5.74) is 4.91. The molecule has 0 radical (unpaired) electrons. The normalized spacial score (nSPS) is 19.5. The average molecular weight is 371 g/mol. The van der Waals surface area contributed by atoms with Gasteiger partial charge in [0.2, 0.25) is 5.91 Å². The smallest absolute Gasteiger partial charge is 0.227 e. The van der Waals surface area contributed by atoms with E-state index in [1.54, 1.807) is 0 Å². The Morgan fingerprint density at radius 3 is 2.71 bits per heavy atom. The number of piperidine rings is 1. The Morgan fingerprint density at radius 1 is 0.964 bits per heavy atom.